The van der Waals surface area contributed by atoms with Crippen molar-refractivity contribution in [2.24, 2.45) is 5.92 Å². The number of hydrogen-bond acceptors (Lipinski definition) is 5. The molecule has 8 heteroatoms. The molecule has 0 aliphatic carbocycles. The summed E-state index contributed by atoms with van der Waals surface area (Å²) in [6.07, 6.45) is 1.34. The minimum atomic E-state index is -0.875. The fraction of sp³-hybridized carbons (Fsp3) is 0.714. The average Bonchev–Trinajstić information content (AvgIpc) is 2.55. The van der Waals surface area contributed by atoms with E-state index in [2.05, 4.69) is 10.6 Å². The van der Waals surface area contributed by atoms with Crippen molar-refractivity contribution in [2.75, 3.05) is 39.3 Å². The highest BCUT2D eigenvalue weighted by molar-refractivity contribution is 6.37. The Bertz CT molecular complexity index is 465. The minimum Gasteiger partial charge on any atom is -0.339 e. The molecule has 0 aromatic heterocycles. The molecule has 0 bridgehead atoms. The first-order valence-corrected chi connectivity index (χ1v) is 7.59. The van der Waals surface area contributed by atoms with Crippen LogP contribution >= 0.6 is 0 Å². The molecule has 2 aliphatic rings. The average molecular weight is 310 g/mol. The molecule has 0 aromatic rings. The summed E-state index contributed by atoms with van der Waals surface area (Å²) in [6.45, 7) is 4.41. The number of carbonyl (C=O) groups excluding carboxylic acids is 4. The fourth-order valence-corrected chi connectivity index (χ4v) is 2.72. The smallest absolute Gasteiger partial charge is 0.316 e. The third-order valence-electron chi connectivity index (χ3n) is 4.15. The van der Waals surface area contributed by atoms with Gasteiger partial charge in [0.15, 0.2) is 0 Å². The lowest BCUT2D eigenvalue weighted by Gasteiger charge is -2.33. The predicted molar refractivity (Wildman–Crippen MR) is 77.6 cm³/mol. The number of imide groups is 1. The van der Waals surface area contributed by atoms with E-state index in [9.17, 15) is 19.2 Å². The SMILES string of the molecule is CC(=O)N1CCN(C(=O)C(=O)NC(=O)C2CCNCC2)CC1. The van der Waals surface area contributed by atoms with Gasteiger partial charge in [-0.05, 0) is 25.9 Å². The van der Waals surface area contributed by atoms with Gasteiger partial charge in [-0.1, -0.05) is 0 Å². The Labute approximate surface area is 129 Å². The summed E-state index contributed by atoms with van der Waals surface area (Å²) in [4.78, 5) is 50.1. The van der Waals surface area contributed by atoms with Crippen molar-refractivity contribution >= 4 is 23.6 Å². The van der Waals surface area contributed by atoms with Crippen LogP contribution in [0.3, 0.4) is 0 Å². The molecule has 2 rings (SSSR count). The van der Waals surface area contributed by atoms with Crippen molar-refractivity contribution in [3.05, 3.63) is 0 Å². The normalized spacial score (nSPS) is 19.7. The van der Waals surface area contributed by atoms with Gasteiger partial charge >= 0.3 is 11.8 Å². The lowest BCUT2D eigenvalue weighted by molar-refractivity contribution is -0.150. The van der Waals surface area contributed by atoms with E-state index in [0.29, 0.717) is 39.0 Å². The van der Waals surface area contributed by atoms with Crippen LogP contribution in [0.15, 0.2) is 0 Å². The summed E-state index contributed by atoms with van der Waals surface area (Å²) in [5, 5.41) is 5.34. The maximum Gasteiger partial charge on any atom is 0.316 e. The number of hydrogen-bond donors (Lipinski definition) is 2. The monoisotopic (exact) mass is 310 g/mol. The Morgan fingerprint density at radius 3 is 2.05 bits per heavy atom. The second-order valence-electron chi connectivity index (χ2n) is 5.64. The summed E-state index contributed by atoms with van der Waals surface area (Å²) in [7, 11) is 0. The standard InChI is InChI=1S/C14H22N4O4/c1-10(19)17-6-8-18(9-7-17)14(22)13(21)16-12(20)11-2-4-15-5-3-11/h11,15H,2-9H2,1H3,(H,16,20,21). The molecule has 0 unspecified atom stereocenters. The molecule has 4 amide bonds. The summed E-state index contributed by atoms with van der Waals surface area (Å²) in [5.74, 6) is -2.21. The van der Waals surface area contributed by atoms with E-state index >= 15 is 0 Å². The molecular formula is C14H22N4O4. The molecule has 0 atom stereocenters. The lowest BCUT2D eigenvalue weighted by atomic mass is 9.97. The second kappa shape index (κ2) is 7.35. The van der Waals surface area contributed by atoms with Crippen LogP contribution in [-0.4, -0.2) is 72.7 Å². The molecule has 2 saturated heterocycles. The molecule has 2 fully saturated rings. The summed E-state index contributed by atoms with van der Waals surface area (Å²) in [6, 6.07) is 0. The van der Waals surface area contributed by atoms with Gasteiger partial charge in [-0.2, -0.15) is 0 Å². The van der Waals surface area contributed by atoms with Gasteiger partial charge in [0.05, 0.1) is 0 Å². The van der Waals surface area contributed by atoms with Crippen LogP contribution in [-0.2, 0) is 19.2 Å². The zero-order valence-electron chi connectivity index (χ0n) is 12.8. The van der Waals surface area contributed by atoms with E-state index in [4.69, 9.17) is 0 Å². The van der Waals surface area contributed by atoms with Gasteiger partial charge in [0, 0.05) is 39.0 Å². The second-order valence-corrected chi connectivity index (χ2v) is 5.64. The molecule has 2 aliphatic heterocycles. The van der Waals surface area contributed by atoms with Gasteiger partial charge < -0.3 is 15.1 Å². The van der Waals surface area contributed by atoms with Crippen molar-refractivity contribution in [3.8, 4) is 0 Å². The highest BCUT2D eigenvalue weighted by atomic mass is 16.2. The summed E-state index contributed by atoms with van der Waals surface area (Å²) in [5.41, 5.74) is 0. The summed E-state index contributed by atoms with van der Waals surface area (Å²) < 4.78 is 0. The Kier molecular flexibility index (Phi) is 5.48. The quantitative estimate of drug-likeness (QED) is 0.564. The van der Waals surface area contributed by atoms with Crippen LogP contribution in [0.4, 0.5) is 0 Å². The van der Waals surface area contributed by atoms with Gasteiger partial charge in [-0.3, -0.25) is 24.5 Å². The Balaban J connectivity index is 1.81. The lowest BCUT2D eigenvalue weighted by Crippen LogP contribution is -2.54. The van der Waals surface area contributed by atoms with Crippen molar-refractivity contribution in [1.82, 2.24) is 20.4 Å². The van der Waals surface area contributed by atoms with E-state index in [1.807, 2.05) is 0 Å². The minimum absolute atomic E-state index is 0.0439. The number of carbonyl (C=O) groups is 4. The Morgan fingerprint density at radius 1 is 0.955 bits per heavy atom. The van der Waals surface area contributed by atoms with E-state index in [1.54, 1.807) is 4.90 Å². The van der Waals surface area contributed by atoms with Gasteiger partial charge in [-0.15, -0.1) is 0 Å². The highest BCUT2D eigenvalue weighted by Crippen LogP contribution is 2.11. The van der Waals surface area contributed by atoms with Crippen molar-refractivity contribution < 1.29 is 19.2 Å². The van der Waals surface area contributed by atoms with Crippen LogP contribution < -0.4 is 10.6 Å². The zero-order valence-corrected chi connectivity index (χ0v) is 12.8. The Morgan fingerprint density at radius 2 is 1.50 bits per heavy atom. The highest BCUT2D eigenvalue weighted by Gasteiger charge is 2.29. The molecule has 122 valence electrons. The van der Waals surface area contributed by atoms with Gasteiger partial charge in [0.25, 0.3) is 0 Å². The number of nitrogens with one attached hydrogen (secondary N) is 2. The zero-order chi connectivity index (χ0) is 16.1. The first-order chi connectivity index (χ1) is 10.5. The molecule has 2 N–H and O–H groups in total. The van der Waals surface area contributed by atoms with E-state index in [-0.39, 0.29) is 17.7 Å². The van der Waals surface area contributed by atoms with E-state index in [0.717, 1.165) is 13.1 Å². The first kappa shape index (κ1) is 16.4. The van der Waals surface area contributed by atoms with Crippen LogP contribution in [0.2, 0.25) is 0 Å². The molecule has 2 heterocycles. The first-order valence-electron chi connectivity index (χ1n) is 7.59. The number of piperazine rings is 1. The van der Waals surface area contributed by atoms with Crippen molar-refractivity contribution in [1.29, 1.82) is 0 Å². The van der Waals surface area contributed by atoms with Gasteiger partial charge in [0.2, 0.25) is 11.8 Å². The van der Waals surface area contributed by atoms with E-state index < -0.39 is 11.8 Å². The number of amides is 4. The molecule has 8 nitrogen and oxygen atoms in total. The maximum atomic E-state index is 12.0. The van der Waals surface area contributed by atoms with Gasteiger partial charge in [-0.25, -0.2) is 0 Å². The molecule has 0 spiro atoms. The predicted octanol–water partition coefficient (Wildman–Crippen LogP) is -1.68. The van der Waals surface area contributed by atoms with Crippen molar-refractivity contribution in [3.63, 3.8) is 0 Å². The largest absolute Gasteiger partial charge is 0.339 e. The van der Waals surface area contributed by atoms with Gasteiger partial charge in [0.1, 0.15) is 0 Å². The topological polar surface area (TPSA) is 98.8 Å². The molecule has 0 radical (unpaired) electrons. The Hall–Kier alpha value is -1.96. The number of piperidine rings is 1. The fourth-order valence-electron chi connectivity index (χ4n) is 2.72. The number of nitrogens with zero attached hydrogens (tertiary/aromatic N) is 2. The van der Waals surface area contributed by atoms with Crippen LogP contribution in [0, 0.1) is 5.92 Å². The molecular weight excluding hydrogens is 288 g/mol. The van der Waals surface area contributed by atoms with Crippen LogP contribution in [0.5, 0.6) is 0 Å². The third-order valence-corrected chi connectivity index (χ3v) is 4.15. The van der Waals surface area contributed by atoms with E-state index in [1.165, 1.54) is 11.8 Å². The van der Waals surface area contributed by atoms with Crippen LogP contribution in [0.1, 0.15) is 19.8 Å². The third kappa shape index (κ3) is 4.03. The summed E-state index contributed by atoms with van der Waals surface area (Å²) >= 11 is 0. The molecule has 0 aromatic carbocycles. The maximum absolute atomic E-state index is 12.0. The molecule has 0 saturated carbocycles. The van der Waals surface area contributed by atoms with Crippen molar-refractivity contribution in [2.45, 2.75) is 19.8 Å². The van der Waals surface area contributed by atoms with Crippen LogP contribution in [0.25, 0.3) is 0 Å². The number of rotatable bonds is 1. The molecule has 22 heavy (non-hydrogen) atoms.